The third-order valence-electron chi connectivity index (χ3n) is 3.24. The Morgan fingerprint density at radius 2 is 1.58 bits per heavy atom. The van der Waals surface area contributed by atoms with E-state index < -0.39 is 5.91 Å². The molecule has 0 unspecified atom stereocenters. The molecule has 3 amide bonds. The number of amides is 3. The van der Waals surface area contributed by atoms with Gasteiger partial charge in [-0.1, -0.05) is 12.1 Å². The molecule has 0 fully saturated rings. The largest absolute Gasteiger partial charge is 0.376 e. The lowest BCUT2D eigenvalue weighted by molar-refractivity contribution is -0.114. The van der Waals surface area contributed by atoms with Gasteiger partial charge < -0.3 is 21.7 Å². The summed E-state index contributed by atoms with van der Waals surface area (Å²) < 4.78 is 0. The Hall–Kier alpha value is -3.35. The molecule has 0 aliphatic carbocycles. The number of anilines is 2. The van der Waals surface area contributed by atoms with Crippen molar-refractivity contribution in [1.29, 1.82) is 0 Å². The summed E-state index contributed by atoms with van der Waals surface area (Å²) in [5.74, 6) is -1.05. The Kier molecular flexibility index (Phi) is 5.51. The van der Waals surface area contributed by atoms with Gasteiger partial charge in [0.05, 0.1) is 6.54 Å². The monoisotopic (exact) mass is 326 g/mol. The van der Waals surface area contributed by atoms with Crippen molar-refractivity contribution in [3.8, 4) is 0 Å². The van der Waals surface area contributed by atoms with Crippen molar-refractivity contribution in [2.24, 2.45) is 5.73 Å². The van der Waals surface area contributed by atoms with Crippen LogP contribution >= 0.6 is 0 Å². The Labute approximate surface area is 139 Å². The Balaban J connectivity index is 1.95. The van der Waals surface area contributed by atoms with Gasteiger partial charge >= 0.3 is 0 Å². The lowest BCUT2D eigenvalue weighted by atomic mass is 10.2. The average molecular weight is 326 g/mol. The van der Waals surface area contributed by atoms with Crippen molar-refractivity contribution in [3.63, 3.8) is 0 Å². The molecule has 5 N–H and O–H groups in total. The molecule has 7 heteroatoms. The molecule has 0 aliphatic heterocycles. The number of carbonyl (C=O) groups excluding carboxylic acids is 3. The second kappa shape index (κ2) is 7.77. The maximum atomic E-state index is 12.0. The predicted octanol–water partition coefficient (Wildman–Crippen LogP) is 1.20. The number of benzene rings is 2. The Morgan fingerprint density at radius 3 is 2.25 bits per heavy atom. The van der Waals surface area contributed by atoms with E-state index in [-0.39, 0.29) is 18.4 Å². The minimum Gasteiger partial charge on any atom is -0.376 e. The van der Waals surface area contributed by atoms with E-state index in [0.717, 1.165) is 0 Å². The van der Waals surface area contributed by atoms with Crippen LogP contribution in [0, 0.1) is 0 Å². The summed E-state index contributed by atoms with van der Waals surface area (Å²) >= 11 is 0. The van der Waals surface area contributed by atoms with E-state index in [2.05, 4.69) is 16.0 Å². The number of carbonyl (C=O) groups is 3. The maximum absolute atomic E-state index is 12.0. The smallest absolute Gasteiger partial charge is 0.251 e. The van der Waals surface area contributed by atoms with Gasteiger partial charge in [0.2, 0.25) is 11.8 Å². The van der Waals surface area contributed by atoms with Crippen LogP contribution < -0.4 is 21.7 Å². The van der Waals surface area contributed by atoms with Crippen LogP contribution in [0.15, 0.2) is 48.5 Å². The van der Waals surface area contributed by atoms with Crippen LogP contribution in [0.5, 0.6) is 0 Å². The van der Waals surface area contributed by atoms with Gasteiger partial charge in [0.1, 0.15) is 0 Å². The first-order valence-corrected chi connectivity index (χ1v) is 7.25. The van der Waals surface area contributed by atoms with E-state index >= 15 is 0 Å². The summed E-state index contributed by atoms with van der Waals surface area (Å²) in [5.41, 5.74) is 7.15. The normalized spacial score (nSPS) is 9.88. The van der Waals surface area contributed by atoms with Crippen molar-refractivity contribution in [2.45, 2.75) is 0 Å². The minimum absolute atomic E-state index is 0.0119. The average Bonchev–Trinajstić information content (AvgIpc) is 2.59. The Morgan fingerprint density at radius 1 is 0.958 bits per heavy atom. The third kappa shape index (κ3) is 4.57. The highest BCUT2D eigenvalue weighted by molar-refractivity contribution is 5.98. The quantitative estimate of drug-likeness (QED) is 0.638. The second-order valence-electron chi connectivity index (χ2n) is 5.01. The molecule has 0 spiro atoms. The maximum Gasteiger partial charge on any atom is 0.251 e. The zero-order valence-corrected chi connectivity index (χ0v) is 13.1. The molecule has 0 aromatic heterocycles. The summed E-state index contributed by atoms with van der Waals surface area (Å²) in [5, 5.41) is 8.14. The summed E-state index contributed by atoms with van der Waals surface area (Å²) in [6.45, 7) is 0.0119. The van der Waals surface area contributed by atoms with Gasteiger partial charge in [-0.05, 0) is 36.4 Å². The third-order valence-corrected chi connectivity index (χ3v) is 3.24. The van der Waals surface area contributed by atoms with Crippen molar-refractivity contribution in [1.82, 2.24) is 5.32 Å². The number of rotatable bonds is 6. The van der Waals surface area contributed by atoms with Crippen LogP contribution in [0.2, 0.25) is 0 Å². The molecular formula is C17H18N4O3. The van der Waals surface area contributed by atoms with Crippen LogP contribution in [-0.4, -0.2) is 31.3 Å². The van der Waals surface area contributed by atoms with Gasteiger partial charge in [-0.15, -0.1) is 0 Å². The zero-order chi connectivity index (χ0) is 17.5. The lowest BCUT2D eigenvalue weighted by Gasteiger charge is -2.09. The lowest BCUT2D eigenvalue weighted by Crippen LogP contribution is -2.22. The van der Waals surface area contributed by atoms with Crippen LogP contribution in [0.4, 0.5) is 11.4 Å². The summed E-state index contributed by atoms with van der Waals surface area (Å²) in [4.78, 5) is 34.7. The fraction of sp³-hybridized carbons (Fsp3) is 0.118. The summed E-state index contributed by atoms with van der Waals surface area (Å²) in [7, 11) is 1.55. The molecule has 7 nitrogen and oxygen atoms in total. The van der Waals surface area contributed by atoms with Gasteiger partial charge in [-0.3, -0.25) is 14.4 Å². The van der Waals surface area contributed by atoms with E-state index in [4.69, 9.17) is 5.73 Å². The molecule has 124 valence electrons. The number of hydrogen-bond acceptors (Lipinski definition) is 4. The first-order valence-electron chi connectivity index (χ1n) is 7.25. The van der Waals surface area contributed by atoms with E-state index in [1.165, 1.54) is 6.07 Å². The molecule has 0 heterocycles. The number of nitrogens with one attached hydrogen (secondary N) is 3. The highest BCUT2D eigenvalue weighted by Gasteiger charge is 2.07. The molecule has 0 saturated heterocycles. The topological polar surface area (TPSA) is 113 Å². The first-order chi connectivity index (χ1) is 11.5. The van der Waals surface area contributed by atoms with Crippen LogP contribution in [0.1, 0.15) is 20.7 Å². The van der Waals surface area contributed by atoms with Crippen molar-refractivity contribution >= 4 is 29.1 Å². The summed E-state index contributed by atoms with van der Waals surface area (Å²) in [6.07, 6.45) is 0. The van der Waals surface area contributed by atoms with Crippen LogP contribution in [0.3, 0.4) is 0 Å². The highest BCUT2D eigenvalue weighted by atomic mass is 16.2. The number of hydrogen-bond donors (Lipinski definition) is 4. The molecule has 2 aromatic carbocycles. The molecule has 0 aliphatic rings. The molecular weight excluding hydrogens is 308 g/mol. The zero-order valence-electron chi connectivity index (χ0n) is 13.1. The van der Waals surface area contributed by atoms with Crippen molar-refractivity contribution < 1.29 is 14.4 Å². The Bertz CT molecular complexity index is 774. The van der Waals surface area contributed by atoms with E-state index in [0.29, 0.717) is 22.5 Å². The van der Waals surface area contributed by atoms with Crippen LogP contribution in [0.25, 0.3) is 0 Å². The van der Waals surface area contributed by atoms with Gasteiger partial charge in [0.15, 0.2) is 0 Å². The van der Waals surface area contributed by atoms with E-state index in [1.807, 2.05) is 0 Å². The molecule has 0 atom stereocenters. The van der Waals surface area contributed by atoms with Crippen molar-refractivity contribution in [3.05, 3.63) is 59.7 Å². The fourth-order valence-electron chi connectivity index (χ4n) is 2.05. The van der Waals surface area contributed by atoms with Gasteiger partial charge in [-0.25, -0.2) is 0 Å². The number of primary amides is 1. The molecule has 2 rings (SSSR count). The van der Waals surface area contributed by atoms with Gasteiger partial charge in [0.25, 0.3) is 5.91 Å². The summed E-state index contributed by atoms with van der Waals surface area (Å²) in [6, 6.07) is 13.2. The first kappa shape index (κ1) is 17.0. The van der Waals surface area contributed by atoms with E-state index in [1.54, 1.807) is 49.5 Å². The molecule has 0 bridgehead atoms. The van der Waals surface area contributed by atoms with Crippen molar-refractivity contribution in [2.75, 3.05) is 24.2 Å². The minimum atomic E-state index is -0.560. The molecule has 0 saturated carbocycles. The number of nitrogens with two attached hydrogens (primary N) is 1. The van der Waals surface area contributed by atoms with E-state index in [9.17, 15) is 14.4 Å². The predicted molar refractivity (Wildman–Crippen MR) is 91.9 cm³/mol. The highest BCUT2D eigenvalue weighted by Crippen LogP contribution is 2.12. The van der Waals surface area contributed by atoms with Gasteiger partial charge in [0, 0.05) is 29.5 Å². The standard InChI is InChI=1S/C17H18N4O3/c1-19-17(24)12-5-3-6-13(9-12)20-10-15(22)21-14-7-2-4-11(8-14)16(18)23/h2-9,20H,10H2,1H3,(H2,18,23)(H,19,24)(H,21,22). The van der Waals surface area contributed by atoms with Gasteiger partial charge in [-0.2, -0.15) is 0 Å². The fourth-order valence-corrected chi connectivity index (χ4v) is 2.05. The second-order valence-corrected chi connectivity index (χ2v) is 5.01. The SMILES string of the molecule is CNC(=O)c1cccc(NCC(=O)Nc2cccc(C(N)=O)c2)c1. The molecule has 0 radical (unpaired) electrons. The van der Waals surface area contributed by atoms with Crippen LogP contribution in [-0.2, 0) is 4.79 Å². The molecule has 2 aromatic rings. The molecule has 24 heavy (non-hydrogen) atoms.